The quantitative estimate of drug-likeness (QED) is 0.731. The second kappa shape index (κ2) is 2.77. The van der Waals surface area contributed by atoms with Gasteiger partial charge in [-0.2, -0.15) is 17.5 Å². The van der Waals surface area contributed by atoms with Gasteiger partial charge in [0.2, 0.25) is 5.82 Å². The summed E-state index contributed by atoms with van der Waals surface area (Å²) in [6, 6.07) is 0. The van der Waals surface area contributed by atoms with Crippen molar-refractivity contribution in [3.63, 3.8) is 0 Å². The third-order valence-corrected chi connectivity index (χ3v) is 2.20. The van der Waals surface area contributed by atoms with Crippen molar-refractivity contribution in [3.8, 4) is 0 Å². The highest BCUT2D eigenvalue weighted by Gasteiger charge is 2.34. The summed E-state index contributed by atoms with van der Waals surface area (Å²) in [5.41, 5.74) is -0.823. The Hall–Kier alpha value is -1.44. The van der Waals surface area contributed by atoms with E-state index >= 15 is 0 Å². The number of halogens is 3. The van der Waals surface area contributed by atoms with E-state index in [1.807, 2.05) is 0 Å². The summed E-state index contributed by atoms with van der Waals surface area (Å²) in [4.78, 5) is 16.0. The van der Waals surface area contributed by atoms with Gasteiger partial charge in [-0.3, -0.25) is 4.79 Å². The van der Waals surface area contributed by atoms with Gasteiger partial charge in [-0.25, -0.2) is 4.98 Å². The number of nitrogens with zero attached hydrogens (tertiary/aromatic N) is 2. The Bertz CT molecular complexity index is 529. The fourth-order valence-corrected chi connectivity index (χ4v) is 1.54. The minimum absolute atomic E-state index is 0.0129. The minimum Gasteiger partial charge on any atom is -0.302 e. The molecule has 1 N–H and O–H groups in total. The van der Waals surface area contributed by atoms with E-state index in [2.05, 4.69) is 9.36 Å². The molecule has 2 rings (SSSR count). The fraction of sp³-hybridized carbons (Fsp3) is 0.167. The molecular weight excluding hydrogens is 219 g/mol. The highest BCUT2D eigenvalue weighted by molar-refractivity contribution is 7.12. The molecule has 2 aromatic rings. The highest BCUT2D eigenvalue weighted by atomic mass is 32.1. The van der Waals surface area contributed by atoms with Crippen LogP contribution in [0.5, 0.6) is 0 Å². The number of hydrogen-bond acceptors (Lipinski definition) is 4. The Morgan fingerprint density at radius 2 is 2.14 bits per heavy atom. The number of rotatable bonds is 0. The Kier molecular flexibility index (Phi) is 1.81. The third-order valence-electron chi connectivity index (χ3n) is 1.51. The van der Waals surface area contributed by atoms with Gasteiger partial charge < -0.3 is 4.98 Å². The molecule has 0 unspecified atom stereocenters. The zero-order chi connectivity index (χ0) is 10.3. The number of alkyl halides is 3. The van der Waals surface area contributed by atoms with E-state index in [-0.39, 0.29) is 10.2 Å². The lowest BCUT2D eigenvalue weighted by Gasteiger charge is -2.03. The van der Waals surface area contributed by atoms with E-state index in [1.165, 1.54) is 6.20 Å². The van der Waals surface area contributed by atoms with Gasteiger partial charge in [0.25, 0.3) is 5.56 Å². The van der Waals surface area contributed by atoms with Gasteiger partial charge >= 0.3 is 6.18 Å². The highest BCUT2D eigenvalue weighted by Crippen LogP contribution is 2.26. The Balaban J connectivity index is 2.77. The molecule has 0 saturated heterocycles. The van der Waals surface area contributed by atoms with Crippen LogP contribution in [0.2, 0.25) is 0 Å². The maximum atomic E-state index is 12.2. The van der Waals surface area contributed by atoms with Crippen molar-refractivity contribution in [1.29, 1.82) is 0 Å². The molecule has 2 heterocycles. The molecular formula is C6H2F3N3OS. The molecule has 0 spiro atoms. The molecule has 0 radical (unpaired) electrons. The fourth-order valence-electron chi connectivity index (χ4n) is 0.908. The normalized spacial score (nSPS) is 12.2. The first-order valence-electron chi connectivity index (χ1n) is 3.40. The van der Waals surface area contributed by atoms with E-state index in [0.717, 1.165) is 11.5 Å². The van der Waals surface area contributed by atoms with Crippen molar-refractivity contribution >= 4 is 21.7 Å². The standard InChI is InChI=1S/C6H2F3N3OS/c7-6(8,9)5-11-3(13)2-1-10-14-4(2)12-5/h1H,(H,11,12,13). The number of H-pyrrole nitrogens is 1. The van der Waals surface area contributed by atoms with E-state index in [0.29, 0.717) is 0 Å². The van der Waals surface area contributed by atoms with Gasteiger partial charge in [0, 0.05) is 0 Å². The lowest BCUT2D eigenvalue weighted by molar-refractivity contribution is -0.144. The predicted octanol–water partition coefficient (Wildman–Crippen LogP) is 1.40. The van der Waals surface area contributed by atoms with Crippen molar-refractivity contribution in [1.82, 2.24) is 14.3 Å². The molecule has 14 heavy (non-hydrogen) atoms. The summed E-state index contributed by atoms with van der Waals surface area (Å²) in [6.45, 7) is 0. The monoisotopic (exact) mass is 221 g/mol. The SMILES string of the molecule is O=c1[nH]c(C(F)(F)F)nc2sncc12. The molecule has 0 bridgehead atoms. The lowest BCUT2D eigenvalue weighted by atomic mass is 10.4. The summed E-state index contributed by atoms with van der Waals surface area (Å²) in [7, 11) is 0. The first-order valence-corrected chi connectivity index (χ1v) is 4.18. The number of aromatic nitrogens is 3. The van der Waals surface area contributed by atoms with Gasteiger partial charge in [-0.05, 0) is 11.5 Å². The van der Waals surface area contributed by atoms with Crippen molar-refractivity contribution in [2.24, 2.45) is 0 Å². The molecule has 0 atom stereocenters. The average Bonchev–Trinajstić information content (AvgIpc) is 2.50. The van der Waals surface area contributed by atoms with E-state index in [9.17, 15) is 18.0 Å². The summed E-state index contributed by atoms with van der Waals surface area (Å²) < 4.78 is 40.0. The maximum Gasteiger partial charge on any atom is 0.449 e. The van der Waals surface area contributed by atoms with Crippen LogP contribution in [0, 0.1) is 0 Å². The van der Waals surface area contributed by atoms with Gasteiger partial charge in [-0.15, -0.1) is 0 Å². The Labute approximate surface area is 78.6 Å². The summed E-state index contributed by atoms with van der Waals surface area (Å²) >= 11 is 0.751. The predicted molar refractivity (Wildman–Crippen MR) is 43.0 cm³/mol. The smallest absolute Gasteiger partial charge is 0.302 e. The molecule has 2 aromatic heterocycles. The van der Waals surface area contributed by atoms with Crippen LogP contribution in [0.3, 0.4) is 0 Å². The first kappa shape index (κ1) is 9.13. The van der Waals surface area contributed by atoms with E-state index < -0.39 is 17.6 Å². The van der Waals surface area contributed by atoms with Crippen LogP contribution >= 0.6 is 11.5 Å². The summed E-state index contributed by atoms with van der Waals surface area (Å²) in [6.07, 6.45) is -3.46. The van der Waals surface area contributed by atoms with Crippen LogP contribution in [0.25, 0.3) is 10.2 Å². The van der Waals surface area contributed by atoms with Crippen LogP contribution in [0.1, 0.15) is 5.82 Å². The molecule has 74 valence electrons. The molecule has 0 saturated carbocycles. The second-order valence-corrected chi connectivity index (χ2v) is 3.24. The van der Waals surface area contributed by atoms with Crippen LogP contribution in [-0.2, 0) is 6.18 Å². The molecule has 4 nitrogen and oxygen atoms in total. The van der Waals surface area contributed by atoms with Gasteiger partial charge in [-0.1, -0.05) is 0 Å². The lowest BCUT2D eigenvalue weighted by Crippen LogP contribution is -2.18. The number of aromatic amines is 1. The number of nitrogens with one attached hydrogen (secondary N) is 1. The summed E-state index contributed by atoms with van der Waals surface area (Å²) in [5, 5.41) is 0.0722. The molecule has 8 heteroatoms. The van der Waals surface area contributed by atoms with Gasteiger partial charge in [0.05, 0.1) is 11.6 Å². The van der Waals surface area contributed by atoms with Crippen molar-refractivity contribution < 1.29 is 13.2 Å². The zero-order valence-corrected chi connectivity index (χ0v) is 7.24. The zero-order valence-electron chi connectivity index (χ0n) is 6.42. The van der Waals surface area contributed by atoms with Gasteiger partial charge in [0.1, 0.15) is 0 Å². The molecule has 0 aromatic carbocycles. The Morgan fingerprint density at radius 3 is 2.79 bits per heavy atom. The van der Waals surface area contributed by atoms with Crippen molar-refractivity contribution in [2.75, 3.05) is 0 Å². The van der Waals surface area contributed by atoms with E-state index in [4.69, 9.17) is 0 Å². The number of hydrogen-bond donors (Lipinski definition) is 1. The third kappa shape index (κ3) is 1.37. The molecule has 0 aliphatic carbocycles. The van der Waals surface area contributed by atoms with Crippen LogP contribution in [0.15, 0.2) is 11.0 Å². The minimum atomic E-state index is -4.64. The van der Waals surface area contributed by atoms with Crippen LogP contribution < -0.4 is 5.56 Å². The van der Waals surface area contributed by atoms with Crippen LogP contribution in [-0.4, -0.2) is 14.3 Å². The average molecular weight is 221 g/mol. The molecule has 0 aliphatic rings. The second-order valence-electron chi connectivity index (χ2n) is 2.46. The number of fused-ring (bicyclic) bond motifs is 1. The van der Waals surface area contributed by atoms with Crippen molar-refractivity contribution in [2.45, 2.75) is 6.18 Å². The van der Waals surface area contributed by atoms with E-state index in [1.54, 1.807) is 4.98 Å². The largest absolute Gasteiger partial charge is 0.449 e. The molecule has 0 amide bonds. The van der Waals surface area contributed by atoms with Crippen LogP contribution in [0.4, 0.5) is 13.2 Å². The van der Waals surface area contributed by atoms with Crippen molar-refractivity contribution in [3.05, 3.63) is 22.4 Å². The first-order chi connectivity index (χ1) is 6.48. The summed E-state index contributed by atoms with van der Waals surface area (Å²) in [5.74, 6) is -1.29. The maximum absolute atomic E-state index is 12.2. The molecule has 0 fully saturated rings. The van der Waals surface area contributed by atoms with Gasteiger partial charge in [0.15, 0.2) is 4.83 Å². The topological polar surface area (TPSA) is 58.6 Å². The Morgan fingerprint density at radius 1 is 1.43 bits per heavy atom. The molecule has 0 aliphatic heterocycles.